The predicted molar refractivity (Wildman–Crippen MR) is 103 cm³/mol. The fraction of sp³-hybridized carbons (Fsp3) is 0.889. The number of carbonyl (C=O) groups is 2. The summed E-state index contributed by atoms with van der Waals surface area (Å²) in [7, 11) is 0. The number of nitrogens with zero attached hydrogens (tertiary/aromatic N) is 2. The molecule has 1 aliphatic rings. The van der Waals surface area contributed by atoms with Crippen LogP contribution in [0.2, 0.25) is 0 Å². The fourth-order valence-electron chi connectivity index (χ4n) is 2.85. The van der Waals surface area contributed by atoms with Gasteiger partial charge in [0.1, 0.15) is 5.60 Å². The minimum absolute atomic E-state index is 0. The van der Waals surface area contributed by atoms with E-state index in [0.29, 0.717) is 25.9 Å². The van der Waals surface area contributed by atoms with Crippen LogP contribution in [0.3, 0.4) is 0 Å². The van der Waals surface area contributed by atoms with Crippen molar-refractivity contribution in [2.24, 2.45) is 5.92 Å². The molecular formula is C18H36ClN3O3. The largest absolute Gasteiger partial charge is 0.444 e. The quantitative estimate of drug-likeness (QED) is 0.693. The van der Waals surface area contributed by atoms with Crippen molar-refractivity contribution in [3.8, 4) is 0 Å². The van der Waals surface area contributed by atoms with Gasteiger partial charge in [0.15, 0.2) is 0 Å². The van der Waals surface area contributed by atoms with Crippen LogP contribution in [-0.4, -0.2) is 66.7 Å². The van der Waals surface area contributed by atoms with Gasteiger partial charge in [0, 0.05) is 25.6 Å². The van der Waals surface area contributed by atoms with E-state index in [-0.39, 0.29) is 30.3 Å². The third-order valence-electron chi connectivity index (χ3n) is 4.36. The molecule has 148 valence electrons. The molecule has 0 aromatic carbocycles. The van der Waals surface area contributed by atoms with Crippen LogP contribution >= 0.6 is 12.4 Å². The van der Waals surface area contributed by atoms with Crippen LogP contribution in [0.25, 0.3) is 0 Å². The number of hydrogen-bond donors (Lipinski definition) is 1. The van der Waals surface area contributed by atoms with E-state index in [1.165, 1.54) is 0 Å². The summed E-state index contributed by atoms with van der Waals surface area (Å²) in [6.45, 7) is 14.9. The molecule has 0 unspecified atom stereocenters. The van der Waals surface area contributed by atoms with Crippen molar-refractivity contribution in [3.63, 3.8) is 0 Å². The number of rotatable bonds is 7. The fourth-order valence-corrected chi connectivity index (χ4v) is 2.85. The number of piperidine rings is 1. The molecule has 0 spiro atoms. The van der Waals surface area contributed by atoms with E-state index >= 15 is 0 Å². The van der Waals surface area contributed by atoms with Crippen molar-refractivity contribution in [3.05, 3.63) is 0 Å². The Morgan fingerprint density at radius 3 is 2.20 bits per heavy atom. The zero-order chi connectivity index (χ0) is 18.2. The van der Waals surface area contributed by atoms with Crippen molar-refractivity contribution < 1.29 is 14.3 Å². The third-order valence-corrected chi connectivity index (χ3v) is 4.36. The third kappa shape index (κ3) is 9.31. The van der Waals surface area contributed by atoms with Gasteiger partial charge in [-0.05, 0) is 59.7 Å². The second kappa shape index (κ2) is 11.6. The number of ether oxygens (including phenoxy) is 1. The summed E-state index contributed by atoms with van der Waals surface area (Å²) in [5, 5.41) is 3.04. The molecule has 0 aliphatic carbocycles. The lowest BCUT2D eigenvalue weighted by atomic mass is 9.96. The van der Waals surface area contributed by atoms with Gasteiger partial charge < -0.3 is 19.9 Å². The maximum absolute atomic E-state index is 12.2. The molecule has 0 aromatic heterocycles. The number of hydrogen-bond acceptors (Lipinski definition) is 4. The summed E-state index contributed by atoms with van der Waals surface area (Å²) in [5.41, 5.74) is -0.476. The second-order valence-electron chi connectivity index (χ2n) is 7.41. The Labute approximate surface area is 159 Å². The molecule has 0 radical (unpaired) electrons. The van der Waals surface area contributed by atoms with E-state index in [4.69, 9.17) is 4.74 Å². The first kappa shape index (κ1) is 24.0. The summed E-state index contributed by atoms with van der Waals surface area (Å²) < 4.78 is 5.38. The average Bonchev–Trinajstić information content (AvgIpc) is 2.53. The first-order valence-electron chi connectivity index (χ1n) is 9.24. The number of nitrogens with one attached hydrogen (secondary N) is 1. The Morgan fingerprint density at radius 1 is 1.16 bits per heavy atom. The maximum atomic E-state index is 12.2. The Hall–Kier alpha value is -1.01. The van der Waals surface area contributed by atoms with Gasteiger partial charge >= 0.3 is 6.09 Å². The van der Waals surface area contributed by atoms with Crippen molar-refractivity contribution in [2.45, 2.75) is 59.5 Å². The smallest absolute Gasteiger partial charge is 0.410 e. The van der Waals surface area contributed by atoms with Crippen molar-refractivity contribution in [1.82, 2.24) is 15.1 Å². The van der Waals surface area contributed by atoms with Gasteiger partial charge in [-0.2, -0.15) is 0 Å². The first-order valence-corrected chi connectivity index (χ1v) is 9.24. The number of carbonyl (C=O) groups excluding carboxylic acids is 2. The molecule has 0 bridgehead atoms. The van der Waals surface area contributed by atoms with Gasteiger partial charge in [-0.25, -0.2) is 4.79 Å². The predicted octanol–water partition coefficient (Wildman–Crippen LogP) is 2.90. The zero-order valence-electron chi connectivity index (χ0n) is 16.5. The Morgan fingerprint density at radius 2 is 1.72 bits per heavy atom. The molecule has 1 rings (SSSR count). The van der Waals surface area contributed by atoms with Crippen molar-refractivity contribution in [2.75, 3.05) is 39.3 Å². The molecule has 6 nitrogen and oxygen atoms in total. The van der Waals surface area contributed by atoms with Gasteiger partial charge in [-0.3, -0.25) is 4.79 Å². The lowest BCUT2D eigenvalue weighted by molar-refractivity contribution is -0.126. The molecule has 1 aliphatic heterocycles. The molecule has 25 heavy (non-hydrogen) atoms. The minimum Gasteiger partial charge on any atom is -0.444 e. The first-order chi connectivity index (χ1) is 11.3. The monoisotopic (exact) mass is 377 g/mol. The van der Waals surface area contributed by atoms with Crippen LogP contribution in [0.4, 0.5) is 4.79 Å². The van der Waals surface area contributed by atoms with E-state index in [1.807, 2.05) is 20.8 Å². The Balaban J connectivity index is 0.00000576. The molecule has 1 N–H and O–H groups in total. The molecule has 0 atom stereocenters. The summed E-state index contributed by atoms with van der Waals surface area (Å²) in [4.78, 5) is 28.3. The van der Waals surface area contributed by atoms with Gasteiger partial charge in [0.25, 0.3) is 0 Å². The molecule has 7 heteroatoms. The van der Waals surface area contributed by atoms with Crippen LogP contribution in [-0.2, 0) is 9.53 Å². The molecule has 1 heterocycles. The summed E-state index contributed by atoms with van der Waals surface area (Å²) >= 11 is 0. The number of likely N-dealkylation sites (tertiary alicyclic amines) is 1. The zero-order valence-corrected chi connectivity index (χ0v) is 17.3. The topological polar surface area (TPSA) is 61.9 Å². The van der Waals surface area contributed by atoms with Crippen molar-refractivity contribution in [1.29, 1.82) is 0 Å². The molecule has 2 amide bonds. The van der Waals surface area contributed by atoms with Crippen LogP contribution in [0.5, 0.6) is 0 Å². The molecular weight excluding hydrogens is 342 g/mol. The summed E-state index contributed by atoms with van der Waals surface area (Å²) in [6, 6.07) is 0. The van der Waals surface area contributed by atoms with Gasteiger partial charge in [0.2, 0.25) is 5.91 Å². The highest BCUT2D eigenvalue weighted by molar-refractivity contribution is 5.85. The normalized spacial score (nSPS) is 15.7. The van der Waals surface area contributed by atoms with E-state index in [2.05, 4.69) is 24.1 Å². The van der Waals surface area contributed by atoms with Gasteiger partial charge in [-0.1, -0.05) is 13.8 Å². The Kier molecular flexibility index (Phi) is 11.1. The highest BCUT2D eigenvalue weighted by Gasteiger charge is 2.29. The number of amides is 2. The SMILES string of the molecule is CCN(CC)CCCNC(=O)C1CCN(C(=O)OC(C)(C)C)CC1.Cl. The highest BCUT2D eigenvalue weighted by atomic mass is 35.5. The number of halogens is 1. The van der Waals surface area contributed by atoms with E-state index in [9.17, 15) is 9.59 Å². The second-order valence-corrected chi connectivity index (χ2v) is 7.41. The maximum Gasteiger partial charge on any atom is 0.410 e. The lowest BCUT2D eigenvalue weighted by Crippen LogP contribution is -2.45. The summed E-state index contributed by atoms with van der Waals surface area (Å²) in [6.07, 6.45) is 2.12. The van der Waals surface area contributed by atoms with Crippen LogP contribution in [0.1, 0.15) is 53.9 Å². The van der Waals surface area contributed by atoms with Gasteiger partial charge in [0.05, 0.1) is 0 Å². The van der Waals surface area contributed by atoms with E-state index in [1.54, 1.807) is 4.90 Å². The molecule has 0 aromatic rings. The van der Waals surface area contributed by atoms with Crippen LogP contribution in [0, 0.1) is 5.92 Å². The highest BCUT2D eigenvalue weighted by Crippen LogP contribution is 2.19. The lowest BCUT2D eigenvalue weighted by Gasteiger charge is -2.33. The molecule has 1 saturated heterocycles. The van der Waals surface area contributed by atoms with E-state index < -0.39 is 5.60 Å². The van der Waals surface area contributed by atoms with Crippen LogP contribution in [0.15, 0.2) is 0 Å². The van der Waals surface area contributed by atoms with Gasteiger partial charge in [-0.15, -0.1) is 12.4 Å². The van der Waals surface area contributed by atoms with E-state index in [0.717, 1.165) is 32.6 Å². The molecule has 1 fully saturated rings. The summed E-state index contributed by atoms with van der Waals surface area (Å²) in [5.74, 6) is 0.135. The standard InChI is InChI=1S/C18H35N3O3.ClH/c1-6-20(7-2)12-8-11-19-16(22)15-9-13-21(14-10-15)17(23)24-18(3,4)5;/h15H,6-14H2,1-5H3,(H,19,22);1H. The van der Waals surface area contributed by atoms with Crippen molar-refractivity contribution >= 4 is 24.4 Å². The Bertz CT molecular complexity index is 401. The van der Waals surface area contributed by atoms with Crippen LogP contribution < -0.4 is 5.32 Å². The minimum atomic E-state index is -0.476. The molecule has 0 saturated carbocycles. The average molecular weight is 378 g/mol.